The summed E-state index contributed by atoms with van der Waals surface area (Å²) in [6, 6.07) is 7.87. The van der Waals surface area contributed by atoms with Crippen molar-refractivity contribution in [1.29, 1.82) is 0 Å². The number of hydrazine groups is 1. The molecular formula is C23H31ClFN5O3Si. The van der Waals surface area contributed by atoms with Gasteiger partial charge >= 0.3 is 6.09 Å². The lowest BCUT2D eigenvalue weighted by molar-refractivity contribution is 0.154. The van der Waals surface area contributed by atoms with Gasteiger partial charge in [-0.3, -0.25) is 10.4 Å². The first kappa shape index (κ1) is 25.9. The van der Waals surface area contributed by atoms with Crippen LogP contribution in [0.2, 0.25) is 30.7 Å². The van der Waals surface area contributed by atoms with E-state index in [9.17, 15) is 4.79 Å². The molecule has 8 nitrogen and oxygen atoms in total. The van der Waals surface area contributed by atoms with Crippen LogP contribution in [0.15, 0.2) is 35.5 Å². The normalized spacial score (nSPS) is 17.9. The molecule has 0 aliphatic heterocycles. The summed E-state index contributed by atoms with van der Waals surface area (Å²) in [5.74, 6) is -0.143. The topological polar surface area (TPSA) is 111 Å². The second-order valence-electron chi connectivity index (χ2n) is 9.32. The molecule has 1 aromatic heterocycles. The Bertz CT molecular complexity index is 1060. The van der Waals surface area contributed by atoms with Crippen LogP contribution in [0.25, 0.3) is 11.1 Å². The number of carbonyl (C=O) groups excluding carboxylic acids is 1. The highest BCUT2D eigenvalue weighted by molar-refractivity contribution is 6.76. The number of nitrogens with zero attached hydrogens (tertiary/aromatic N) is 2. The Morgan fingerprint density at radius 3 is 2.79 bits per heavy atom. The molecule has 2 aromatic rings. The van der Waals surface area contributed by atoms with Crippen molar-refractivity contribution < 1.29 is 18.7 Å². The van der Waals surface area contributed by atoms with Crippen LogP contribution in [0, 0.1) is 0 Å². The Balaban J connectivity index is 1.84. The number of nitrogen functional groups attached to an aromatic ring is 1. The number of hydrogen-bond donors (Lipinski definition) is 3. The van der Waals surface area contributed by atoms with Gasteiger partial charge < -0.3 is 15.2 Å². The van der Waals surface area contributed by atoms with Crippen LogP contribution in [0.4, 0.5) is 14.9 Å². The Kier molecular flexibility index (Phi) is 8.50. The van der Waals surface area contributed by atoms with Crippen LogP contribution in [0.3, 0.4) is 0 Å². The predicted octanol–water partition coefficient (Wildman–Crippen LogP) is 5.05. The number of aromatic nitrogens is 1. The lowest BCUT2D eigenvalue weighted by Crippen LogP contribution is -2.44. The van der Waals surface area contributed by atoms with E-state index >= 15 is 4.39 Å². The Morgan fingerprint density at radius 2 is 2.09 bits per heavy atom. The molecular weight excluding hydrogens is 477 g/mol. The number of benzene rings is 1. The van der Waals surface area contributed by atoms with E-state index in [2.05, 4.69) is 45.2 Å². The van der Waals surface area contributed by atoms with Gasteiger partial charge in [0.2, 0.25) is 0 Å². The first-order chi connectivity index (χ1) is 16.1. The zero-order valence-corrected chi connectivity index (χ0v) is 21.6. The van der Waals surface area contributed by atoms with E-state index < -0.39 is 26.3 Å². The molecule has 3 rings (SSSR count). The number of hydrogen-bond acceptors (Lipinski definition) is 6. The number of methoxy groups -OCH3 is 1. The molecule has 0 fully saturated rings. The Labute approximate surface area is 205 Å². The van der Waals surface area contributed by atoms with Gasteiger partial charge in [-0.25, -0.2) is 19.6 Å². The van der Waals surface area contributed by atoms with Crippen LogP contribution in [0.1, 0.15) is 29.8 Å². The smallest absolute Gasteiger partial charge is 0.425 e. The zero-order valence-electron chi connectivity index (χ0n) is 19.8. The third kappa shape index (κ3) is 6.68. The second kappa shape index (κ2) is 11.2. The molecule has 1 aliphatic rings. The van der Waals surface area contributed by atoms with Crippen molar-refractivity contribution in [2.24, 2.45) is 4.99 Å². The quantitative estimate of drug-likeness (QED) is 0.121. The van der Waals surface area contributed by atoms with Crippen LogP contribution in [0.5, 0.6) is 0 Å². The number of nitrogens with two attached hydrogens (primary N) is 1. The number of fused-ring (bicyclic) bond motifs is 1. The maximum atomic E-state index is 15.1. The van der Waals surface area contributed by atoms with E-state index in [0.717, 1.165) is 6.04 Å². The summed E-state index contributed by atoms with van der Waals surface area (Å²) < 4.78 is 25.4. The molecule has 1 amide bonds. The molecule has 0 saturated heterocycles. The molecule has 11 heteroatoms. The highest BCUT2D eigenvalue weighted by atomic mass is 35.5. The number of amides is 1. The van der Waals surface area contributed by atoms with Crippen molar-refractivity contribution in [3.8, 4) is 11.1 Å². The van der Waals surface area contributed by atoms with E-state index in [1.807, 2.05) is 0 Å². The summed E-state index contributed by atoms with van der Waals surface area (Å²) in [4.78, 5) is 20.6. The average molecular weight is 508 g/mol. The number of nitrogens with one attached hydrogen (secondary N) is 2. The fraction of sp³-hybridized carbons (Fsp3) is 0.435. The van der Waals surface area contributed by atoms with Gasteiger partial charge in [-0.2, -0.15) is 0 Å². The van der Waals surface area contributed by atoms with Crippen molar-refractivity contribution >= 4 is 37.3 Å². The SMILES string of the molecule is COC(=O)NNC(=NCOCC[Si](C)(C)C)C1CC(F)c2cc(-c3cc(Cl)ccc3N)cnc21. The molecule has 184 valence electrons. The molecule has 34 heavy (non-hydrogen) atoms. The monoisotopic (exact) mass is 507 g/mol. The highest BCUT2D eigenvalue weighted by Crippen LogP contribution is 2.43. The van der Waals surface area contributed by atoms with Gasteiger partial charge in [-0.05, 0) is 36.7 Å². The van der Waals surface area contributed by atoms with Gasteiger partial charge in [0.15, 0.2) is 0 Å². The van der Waals surface area contributed by atoms with Crippen molar-refractivity contribution in [3.63, 3.8) is 0 Å². The summed E-state index contributed by atoms with van der Waals surface area (Å²) in [5.41, 5.74) is 14.1. The number of pyridine rings is 1. The average Bonchev–Trinajstić information content (AvgIpc) is 3.12. The summed E-state index contributed by atoms with van der Waals surface area (Å²) in [6.07, 6.45) is -0.185. The maximum absolute atomic E-state index is 15.1. The van der Waals surface area contributed by atoms with Crippen molar-refractivity contribution in [1.82, 2.24) is 15.8 Å². The fourth-order valence-electron chi connectivity index (χ4n) is 3.61. The first-order valence-corrected chi connectivity index (χ1v) is 15.1. The molecule has 2 atom stereocenters. The van der Waals surface area contributed by atoms with E-state index in [1.54, 1.807) is 30.5 Å². The summed E-state index contributed by atoms with van der Waals surface area (Å²) in [5, 5.41) is 0.529. The van der Waals surface area contributed by atoms with Gasteiger partial charge in [-0.15, -0.1) is 0 Å². The largest absolute Gasteiger partial charge is 0.452 e. The molecule has 0 radical (unpaired) electrons. The highest BCUT2D eigenvalue weighted by Gasteiger charge is 2.36. The molecule has 1 aliphatic carbocycles. The number of amidine groups is 1. The first-order valence-electron chi connectivity index (χ1n) is 11.0. The molecule has 4 N–H and O–H groups in total. The van der Waals surface area contributed by atoms with E-state index in [-0.39, 0.29) is 13.2 Å². The molecule has 0 spiro atoms. The third-order valence-electron chi connectivity index (χ3n) is 5.52. The van der Waals surface area contributed by atoms with Crippen molar-refractivity contribution in [2.75, 3.05) is 26.2 Å². The van der Waals surface area contributed by atoms with Crippen LogP contribution in [-0.4, -0.2) is 45.4 Å². The number of alkyl halides is 1. The number of halogens is 2. The van der Waals surface area contributed by atoms with E-state index in [4.69, 9.17) is 22.1 Å². The van der Waals surface area contributed by atoms with Crippen molar-refractivity contribution in [3.05, 3.63) is 46.7 Å². The van der Waals surface area contributed by atoms with Gasteiger partial charge in [0.25, 0.3) is 0 Å². The van der Waals surface area contributed by atoms with Crippen LogP contribution < -0.4 is 16.6 Å². The Hall–Kier alpha value is -2.69. The van der Waals surface area contributed by atoms with Crippen LogP contribution >= 0.6 is 11.6 Å². The molecule has 2 unspecified atom stereocenters. The number of rotatable bonds is 7. The number of aliphatic imine (C=N–C) groups is 1. The molecule has 1 heterocycles. The van der Waals surface area contributed by atoms with E-state index in [1.165, 1.54) is 7.11 Å². The number of carbonyl (C=O) groups is 1. The minimum atomic E-state index is -1.26. The van der Waals surface area contributed by atoms with E-state index in [0.29, 0.717) is 45.5 Å². The minimum Gasteiger partial charge on any atom is -0.452 e. The molecule has 0 saturated carbocycles. The summed E-state index contributed by atoms with van der Waals surface area (Å²) in [6.45, 7) is 7.46. The van der Waals surface area contributed by atoms with Crippen molar-refractivity contribution in [2.45, 2.75) is 44.2 Å². The summed E-state index contributed by atoms with van der Waals surface area (Å²) >= 11 is 6.12. The molecule has 0 bridgehead atoms. The zero-order chi connectivity index (χ0) is 24.9. The third-order valence-corrected chi connectivity index (χ3v) is 7.46. The standard InChI is InChI=1S/C23H31ClFN5O3Si/c1-32-23(31)30-29-22(28-13-33-7-8-34(2,3)4)18-11-19(25)17-9-14(12-27-21(17)18)16-10-15(24)5-6-20(16)26/h5-6,9-10,12,18-19H,7-8,11,13,26H2,1-4H3,(H,28,29)(H,30,31). The lowest BCUT2D eigenvalue weighted by Gasteiger charge is -2.18. The summed E-state index contributed by atoms with van der Waals surface area (Å²) in [7, 11) is 0.0183. The van der Waals surface area contributed by atoms with Crippen LogP contribution in [-0.2, 0) is 9.47 Å². The number of ether oxygens (including phenoxy) is 2. The molecule has 1 aromatic carbocycles. The maximum Gasteiger partial charge on any atom is 0.425 e. The lowest BCUT2D eigenvalue weighted by atomic mass is 10.0. The Morgan fingerprint density at radius 1 is 1.32 bits per heavy atom. The predicted molar refractivity (Wildman–Crippen MR) is 135 cm³/mol. The second-order valence-corrected chi connectivity index (χ2v) is 15.4. The fourth-order valence-corrected chi connectivity index (χ4v) is 4.54. The van der Waals surface area contributed by atoms with Gasteiger partial charge in [-0.1, -0.05) is 31.2 Å². The van der Waals surface area contributed by atoms with Gasteiger partial charge in [0.1, 0.15) is 18.7 Å². The van der Waals surface area contributed by atoms with Gasteiger partial charge in [0.05, 0.1) is 18.7 Å². The number of anilines is 1. The minimum absolute atomic E-state index is 0.0790. The van der Waals surface area contributed by atoms with Gasteiger partial charge in [0, 0.05) is 48.3 Å².